The van der Waals surface area contributed by atoms with Crippen LogP contribution in [0.25, 0.3) is 0 Å². The summed E-state index contributed by atoms with van der Waals surface area (Å²) in [6, 6.07) is 1.78. The summed E-state index contributed by atoms with van der Waals surface area (Å²) < 4.78 is 18.3. The van der Waals surface area contributed by atoms with E-state index in [-0.39, 0.29) is 12.3 Å². The van der Waals surface area contributed by atoms with Crippen LogP contribution in [-0.4, -0.2) is 40.0 Å². The van der Waals surface area contributed by atoms with Crippen LogP contribution >= 0.6 is 0 Å². The van der Waals surface area contributed by atoms with Gasteiger partial charge in [-0.1, -0.05) is 6.92 Å². The van der Waals surface area contributed by atoms with E-state index in [1.165, 1.54) is 4.90 Å². The van der Waals surface area contributed by atoms with E-state index in [1.54, 1.807) is 19.2 Å². The maximum atomic E-state index is 13.3. The average Bonchev–Trinajstić information content (AvgIpc) is 3.02. The van der Waals surface area contributed by atoms with Gasteiger partial charge in [-0.3, -0.25) is 9.69 Å². The Morgan fingerprint density at radius 1 is 1.21 bits per heavy atom. The first-order valence-electron chi connectivity index (χ1n) is 10.1. The molecule has 4 rings (SSSR count). The van der Waals surface area contributed by atoms with Gasteiger partial charge in [0.2, 0.25) is 0 Å². The maximum absolute atomic E-state index is 13.3. The standard InChI is InChI=1S/C21H30N2O5/c1-6-21(25)15-13(17-27-19(2,3)20(4,5)28-17)10-11-22-16(15)23(18(21)24)14-9-7-8-12-26-14/h10-11,14,17,25H,6-9,12H2,1-5H3. The Kier molecular flexibility index (Phi) is 4.58. The molecular formula is C21H30N2O5. The van der Waals surface area contributed by atoms with Gasteiger partial charge in [-0.05, 0) is 59.4 Å². The molecule has 1 amide bonds. The highest BCUT2D eigenvalue weighted by atomic mass is 16.7. The number of hydrogen-bond acceptors (Lipinski definition) is 6. The summed E-state index contributed by atoms with van der Waals surface area (Å²) in [5.41, 5.74) is -1.57. The Hall–Kier alpha value is -1.54. The minimum atomic E-state index is -1.66. The molecule has 28 heavy (non-hydrogen) atoms. The predicted molar refractivity (Wildman–Crippen MR) is 103 cm³/mol. The van der Waals surface area contributed by atoms with Crippen LogP contribution in [0, 0.1) is 0 Å². The molecule has 4 heterocycles. The molecule has 7 heteroatoms. The van der Waals surface area contributed by atoms with Crippen molar-refractivity contribution in [3.63, 3.8) is 0 Å². The highest BCUT2D eigenvalue weighted by molar-refractivity contribution is 6.06. The fraction of sp³-hybridized carbons (Fsp3) is 0.714. The third-order valence-corrected chi connectivity index (χ3v) is 6.64. The van der Waals surface area contributed by atoms with Gasteiger partial charge in [0.1, 0.15) is 12.0 Å². The van der Waals surface area contributed by atoms with Crippen LogP contribution in [0.2, 0.25) is 0 Å². The molecule has 0 saturated carbocycles. The number of carbonyl (C=O) groups excluding carboxylic acids is 1. The highest BCUT2D eigenvalue weighted by Crippen LogP contribution is 2.51. The minimum absolute atomic E-state index is 0.236. The van der Waals surface area contributed by atoms with Crippen molar-refractivity contribution in [2.75, 3.05) is 11.5 Å². The van der Waals surface area contributed by atoms with Crippen LogP contribution in [0.1, 0.15) is 77.7 Å². The van der Waals surface area contributed by atoms with E-state index in [0.29, 0.717) is 23.6 Å². The van der Waals surface area contributed by atoms with Gasteiger partial charge in [0.25, 0.3) is 5.91 Å². The summed E-state index contributed by atoms with van der Waals surface area (Å²) in [6.07, 6.45) is 3.48. The van der Waals surface area contributed by atoms with Crippen molar-refractivity contribution in [2.45, 2.75) is 89.6 Å². The van der Waals surface area contributed by atoms with E-state index < -0.39 is 29.3 Å². The zero-order valence-corrected chi connectivity index (χ0v) is 17.3. The number of fused-ring (bicyclic) bond motifs is 1. The molecule has 2 atom stereocenters. The molecule has 2 saturated heterocycles. The summed E-state index contributed by atoms with van der Waals surface area (Å²) in [6.45, 7) is 10.3. The van der Waals surface area contributed by atoms with Gasteiger partial charge in [0, 0.05) is 23.9 Å². The lowest BCUT2D eigenvalue weighted by Gasteiger charge is -2.31. The van der Waals surface area contributed by atoms with E-state index in [9.17, 15) is 9.90 Å². The Morgan fingerprint density at radius 2 is 1.89 bits per heavy atom. The van der Waals surface area contributed by atoms with Gasteiger partial charge < -0.3 is 19.3 Å². The van der Waals surface area contributed by atoms with Crippen molar-refractivity contribution in [1.82, 2.24) is 4.98 Å². The quantitative estimate of drug-likeness (QED) is 0.854. The van der Waals surface area contributed by atoms with Crippen LogP contribution in [0.15, 0.2) is 12.3 Å². The molecule has 1 N–H and O–H groups in total. The molecule has 0 spiro atoms. The van der Waals surface area contributed by atoms with Gasteiger partial charge in [-0.25, -0.2) is 4.98 Å². The van der Waals surface area contributed by atoms with E-state index >= 15 is 0 Å². The molecule has 1 aromatic rings. The second-order valence-corrected chi connectivity index (χ2v) is 8.90. The van der Waals surface area contributed by atoms with Crippen LogP contribution in [0.5, 0.6) is 0 Å². The normalized spacial score (nSPS) is 32.0. The Morgan fingerprint density at radius 3 is 2.46 bits per heavy atom. The molecule has 2 unspecified atom stereocenters. The van der Waals surface area contributed by atoms with E-state index in [1.807, 2.05) is 27.7 Å². The average molecular weight is 390 g/mol. The summed E-state index contributed by atoms with van der Waals surface area (Å²) in [7, 11) is 0. The summed E-state index contributed by atoms with van der Waals surface area (Å²) in [4.78, 5) is 19.3. The van der Waals surface area contributed by atoms with Crippen molar-refractivity contribution in [2.24, 2.45) is 0 Å². The first-order valence-corrected chi connectivity index (χ1v) is 10.1. The van der Waals surface area contributed by atoms with Gasteiger partial charge in [0.05, 0.1) is 11.2 Å². The maximum Gasteiger partial charge on any atom is 0.267 e. The second kappa shape index (κ2) is 6.49. The van der Waals surface area contributed by atoms with Crippen LogP contribution in [0.4, 0.5) is 5.82 Å². The number of nitrogens with zero attached hydrogens (tertiary/aromatic N) is 2. The number of rotatable bonds is 3. The van der Waals surface area contributed by atoms with Crippen molar-refractivity contribution in [3.05, 3.63) is 23.4 Å². The Balaban J connectivity index is 1.81. The lowest BCUT2D eigenvalue weighted by atomic mass is 9.90. The third-order valence-electron chi connectivity index (χ3n) is 6.64. The van der Waals surface area contributed by atoms with Gasteiger partial charge >= 0.3 is 0 Å². The molecular weight excluding hydrogens is 360 g/mol. The molecule has 0 radical (unpaired) electrons. The molecule has 0 aromatic carbocycles. The van der Waals surface area contributed by atoms with Crippen molar-refractivity contribution in [3.8, 4) is 0 Å². The number of pyridine rings is 1. The van der Waals surface area contributed by atoms with E-state index in [0.717, 1.165) is 19.3 Å². The molecule has 3 aliphatic rings. The predicted octanol–water partition coefficient (Wildman–Crippen LogP) is 3.16. The van der Waals surface area contributed by atoms with Crippen LogP contribution in [-0.2, 0) is 24.6 Å². The minimum Gasteiger partial charge on any atom is -0.375 e. The van der Waals surface area contributed by atoms with Gasteiger partial charge in [-0.15, -0.1) is 0 Å². The van der Waals surface area contributed by atoms with E-state index in [2.05, 4.69) is 4.98 Å². The SMILES string of the molecule is CCC1(O)C(=O)N(C2CCCCO2)c2nccc(C3OC(C)(C)C(C)(C)O3)c21. The van der Waals surface area contributed by atoms with Crippen LogP contribution < -0.4 is 4.90 Å². The number of amides is 1. The smallest absolute Gasteiger partial charge is 0.267 e. The topological polar surface area (TPSA) is 81.1 Å². The van der Waals surface area contributed by atoms with Gasteiger partial charge in [-0.2, -0.15) is 0 Å². The number of ether oxygens (including phenoxy) is 3. The first-order chi connectivity index (χ1) is 13.1. The van der Waals surface area contributed by atoms with Gasteiger partial charge in [0.15, 0.2) is 11.9 Å². The number of aromatic nitrogens is 1. The molecule has 0 bridgehead atoms. The first kappa shape index (κ1) is 19.8. The van der Waals surface area contributed by atoms with E-state index in [4.69, 9.17) is 14.2 Å². The van der Waals surface area contributed by atoms with Crippen molar-refractivity contribution < 1.29 is 24.1 Å². The second-order valence-electron chi connectivity index (χ2n) is 8.90. The lowest BCUT2D eigenvalue weighted by Crippen LogP contribution is -2.47. The largest absolute Gasteiger partial charge is 0.375 e. The van der Waals surface area contributed by atoms with Crippen molar-refractivity contribution in [1.29, 1.82) is 0 Å². The Labute approximate surface area is 166 Å². The molecule has 3 aliphatic heterocycles. The monoisotopic (exact) mass is 390 g/mol. The third kappa shape index (κ3) is 2.71. The molecule has 7 nitrogen and oxygen atoms in total. The fourth-order valence-electron chi connectivity index (χ4n) is 4.16. The number of carbonyl (C=O) groups is 1. The van der Waals surface area contributed by atoms with Crippen LogP contribution in [0.3, 0.4) is 0 Å². The summed E-state index contributed by atoms with van der Waals surface area (Å²) in [5.74, 6) is 0.0711. The van der Waals surface area contributed by atoms with Crippen molar-refractivity contribution >= 4 is 11.7 Å². The zero-order chi connectivity index (χ0) is 20.3. The molecule has 154 valence electrons. The zero-order valence-electron chi connectivity index (χ0n) is 17.3. The number of hydrogen-bond donors (Lipinski definition) is 1. The lowest BCUT2D eigenvalue weighted by molar-refractivity contribution is -0.140. The highest BCUT2D eigenvalue weighted by Gasteiger charge is 2.56. The number of aliphatic hydroxyl groups is 1. The summed E-state index contributed by atoms with van der Waals surface area (Å²) in [5, 5.41) is 11.4. The fourth-order valence-corrected chi connectivity index (χ4v) is 4.16. The molecule has 0 aliphatic carbocycles. The molecule has 1 aromatic heterocycles. The molecule has 2 fully saturated rings. The number of anilines is 1. The summed E-state index contributed by atoms with van der Waals surface area (Å²) >= 11 is 0. The Bertz CT molecular complexity index is 771.